The number of hydrogen-bond donors (Lipinski definition) is 0. The predicted octanol–water partition coefficient (Wildman–Crippen LogP) is 12.3. The zero-order chi connectivity index (χ0) is 31.2. The maximum atomic E-state index is 6.44. The van der Waals surface area contributed by atoms with Gasteiger partial charge in [-0.1, -0.05) is 66.7 Å². The van der Waals surface area contributed by atoms with Crippen molar-refractivity contribution < 1.29 is 9.47 Å². The van der Waals surface area contributed by atoms with E-state index in [4.69, 9.17) is 9.47 Å². The van der Waals surface area contributed by atoms with Crippen LogP contribution in [-0.4, -0.2) is 9.97 Å². The molecule has 7 heteroatoms. The third kappa shape index (κ3) is 5.02. The molecule has 9 rings (SSSR count). The Morgan fingerprint density at radius 2 is 0.915 bits per heavy atom. The molecule has 0 bridgehead atoms. The third-order valence-electron chi connectivity index (χ3n) is 8.08. The molecular weight excluding hydrogens is 619 g/mol. The van der Waals surface area contributed by atoms with Crippen LogP contribution in [0.3, 0.4) is 0 Å². The van der Waals surface area contributed by atoms with E-state index in [1.165, 1.54) is 20.2 Å². The van der Waals surface area contributed by atoms with Crippen molar-refractivity contribution in [3.63, 3.8) is 0 Å². The second-order valence-corrected chi connectivity index (χ2v) is 13.2. The number of rotatable bonds is 7. The smallest absolute Gasteiger partial charge is 0.219 e. The highest BCUT2D eigenvalue weighted by Gasteiger charge is 2.24. The van der Waals surface area contributed by atoms with Crippen LogP contribution in [0.4, 0.5) is 17.1 Å². The van der Waals surface area contributed by atoms with Crippen molar-refractivity contribution >= 4 is 80.1 Å². The monoisotopic (exact) mass is 643 g/mol. The summed E-state index contributed by atoms with van der Waals surface area (Å²) < 4.78 is 17.6. The van der Waals surface area contributed by atoms with Crippen molar-refractivity contribution in [1.29, 1.82) is 0 Å². The first-order chi connectivity index (χ1) is 23.3. The van der Waals surface area contributed by atoms with Crippen molar-refractivity contribution in [1.82, 2.24) is 9.97 Å². The number of ether oxygens (including phenoxy) is 2. The van der Waals surface area contributed by atoms with E-state index in [0.717, 1.165) is 37.2 Å². The number of anilines is 3. The summed E-state index contributed by atoms with van der Waals surface area (Å²) in [4.78, 5) is 11.3. The lowest BCUT2D eigenvalue weighted by molar-refractivity contribution is 0.464. The molecule has 5 aromatic carbocycles. The average Bonchev–Trinajstić information content (AvgIpc) is 3.69. The predicted molar refractivity (Wildman–Crippen MR) is 196 cm³/mol. The molecule has 224 valence electrons. The van der Waals surface area contributed by atoms with Crippen molar-refractivity contribution in [3.05, 3.63) is 152 Å². The standard InChI is InChI=1S/C40H25N3O2S2/c1-2-12-26(13-3-1)43(33-24-27(44-37-18-8-10-20-41-37)22-31-29-14-4-6-16-35(29)46-39(31)33)34-25-28(45-38-19-9-11-21-42-38)23-32-30-15-5-7-17-36(30)47-40(32)34/h1-25H. The first kappa shape index (κ1) is 27.5. The number of pyridine rings is 2. The van der Waals surface area contributed by atoms with Gasteiger partial charge in [-0.3, -0.25) is 0 Å². The number of hydrogen-bond acceptors (Lipinski definition) is 7. The second-order valence-electron chi connectivity index (χ2n) is 11.0. The van der Waals surface area contributed by atoms with Crippen LogP contribution in [0.1, 0.15) is 0 Å². The maximum Gasteiger partial charge on any atom is 0.219 e. The van der Waals surface area contributed by atoms with Gasteiger partial charge in [0.2, 0.25) is 11.8 Å². The van der Waals surface area contributed by atoms with Gasteiger partial charge in [0.1, 0.15) is 11.5 Å². The van der Waals surface area contributed by atoms with E-state index in [9.17, 15) is 0 Å². The Morgan fingerprint density at radius 1 is 0.447 bits per heavy atom. The van der Waals surface area contributed by atoms with Gasteiger partial charge >= 0.3 is 0 Å². The van der Waals surface area contributed by atoms with Crippen LogP contribution in [0.25, 0.3) is 40.3 Å². The quantitative estimate of drug-likeness (QED) is 0.173. The fraction of sp³-hybridized carbons (Fsp3) is 0. The minimum Gasteiger partial charge on any atom is -0.439 e. The highest BCUT2D eigenvalue weighted by molar-refractivity contribution is 7.27. The fourth-order valence-electron chi connectivity index (χ4n) is 6.06. The van der Waals surface area contributed by atoms with E-state index in [-0.39, 0.29) is 0 Å². The zero-order valence-electron chi connectivity index (χ0n) is 24.9. The molecular formula is C40H25N3O2S2. The Bertz CT molecular complexity index is 2370. The average molecular weight is 644 g/mol. The number of aromatic nitrogens is 2. The van der Waals surface area contributed by atoms with E-state index in [1.54, 1.807) is 35.1 Å². The summed E-state index contributed by atoms with van der Waals surface area (Å²) in [5.74, 6) is 2.51. The molecule has 0 N–H and O–H groups in total. The summed E-state index contributed by atoms with van der Waals surface area (Å²) in [6, 6.07) is 47.5. The normalized spacial score (nSPS) is 11.4. The van der Waals surface area contributed by atoms with Crippen molar-refractivity contribution in [2.24, 2.45) is 0 Å². The lowest BCUT2D eigenvalue weighted by Crippen LogP contribution is -2.10. The van der Waals surface area contributed by atoms with Crippen LogP contribution < -0.4 is 14.4 Å². The van der Waals surface area contributed by atoms with E-state index in [2.05, 4.69) is 112 Å². The Morgan fingerprint density at radius 3 is 1.40 bits per heavy atom. The Hall–Kier alpha value is -5.76. The summed E-state index contributed by atoms with van der Waals surface area (Å²) in [5, 5.41) is 4.63. The number of fused-ring (bicyclic) bond motifs is 6. The molecule has 4 heterocycles. The highest BCUT2D eigenvalue weighted by Crippen LogP contribution is 2.51. The van der Waals surface area contributed by atoms with Gasteiger partial charge in [0.05, 0.1) is 20.8 Å². The minimum atomic E-state index is 0.543. The van der Waals surface area contributed by atoms with Gasteiger partial charge < -0.3 is 14.4 Å². The summed E-state index contributed by atoms with van der Waals surface area (Å²) >= 11 is 3.58. The molecule has 0 spiro atoms. The molecule has 0 fully saturated rings. The van der Waals surface area contributed by atoms with Crippen LogP contribution in [-0.2, 0) is 0 Å². The van der Waals surface area contributed by atoms with Crippen molar-refractivity contribution in [3.8, 4) is 23.3 Å². The second kappa shape index (κ2) is 11.6. The number of thiophene rings is 2. The van der Waals surface area contributed by atoms with Crippen LogP contribution in [0.2, 0.25) is 0 Å². The number of para-hydroxylation sites is 1. The fourth-order valence-corrected chi connectivity index (χ4v) is 8.43. The zero-order valence-corrected chi connectivity index (χ0v) is 26.5. The number of nitrogens with zero attached hydrogens (tertiary/aromatic N) is 3. The van der Waals surface area contributed by atoms with E-state index < -0.39 is 0 Å². The van der Waals surface area contributed by atoms with Crippen molar-refractivity contribution in [2.75, 3.05) is 4.90 Å². The molecule has 0 atom stereocenters. The molecule has 5 nitrogen and oxygen atoms in total. The van der Waals surface area contributed by atoms with Crippen LogP contribution in [0, 0.1) is 0 Å². The molecule has 47 heavy (non-hydrogen) atoms. The first-order valence-corrected chi connectivity index (χ1v) is 16.9. The molecule has 0 aliphatic rings. The van der Waals surface area contributed by atoms with Gasteiger partial charge in [-0.05, 0) is 48.5 Å². The molecule has 0 aliphatic carbocycles. The van der Waals surface area contributed by atoms with Gasteiger partial charge in [0.25, 0.3) is 0 Å². The van der Waals surface area contributed by atoms with E-state index in [0.29, 0.717) is 23.3 Å². The van der Waals surface area contributed by atoms with E-state index >= 15 is 0 Å². The maximum absolute atomic E-state index is 6.44. The first-order valence-electron chi connectivity index (χ1n) is 15.2. The van der Waals surface area contributed by atoms with Crippen LogP contribution in [0.5, 0.6) is 23.3 Å². The molecule has 0 unspecified atom stereocenters. The largest absolute Gasteiger partial charge is 0.439 e. The van der Waals surface area contributed by atoms with E-state index in [1.807, 2.05) is 42.5 Å². The SMILES string of the molecule is c1ccc(N(c2cc(Oc3ccccn3)cc3c2sc2ccccc23)c2cc(Oc3ccccn3)cc3c2sc2ccccc23)cc1. The molecule has 0 aliphatic heterocycles. The Labute approximate surface area is 278 Å². The topological polar surface area (TPSA) is 47.5 Å². The summed E-state index contributed by atoms with van der Waals surface area (Å²) in [7, 11) is 0. The molecule has 9 aromatic rings. The highest BCUT2D eigenvalue weighted by atomic mass is 32.1. The summed E-state index contributed by atoms with van der Waals surface area (Å²) in [5.41, 5.74) is 3.04. The molecule has 4 aromatic heterocycles. The summed E-state index contributed by atoms with van der Waals surface area (Å²) in [6.07, 6.45) is 3.49. The molecule has 0 amide bonds. The molecule has 0 saturated heterocycles. The summed E-state index contributed by atoms with van der Waals surface area (Å²) in [6.45, 7) is 0. The number of benzene rings is 5. The Balaban J connectivity index is 1.35. The molecule has 0 saturated carbocycles. The van der Waals surface area contributed by atoms with Crippen molar-refractivity contribution in [2.45, 2.75) is 0 Å². The lowest BCUT2D eigenvalue weighted by atomic mass is 10.1. The molecule has 0 radical (unpaired) electrons. The van der Waals surface area contributed by atoms with Gasteiger partial charge in [-0.25, -0.2) is 9.97 Å². The van der Waals surface area contributed by atoms with Crippen LogP contribution in [0.15, 0.2) is 152 Å². The van der Waals surface area contributed by atoms with Crippen LogP contribution >= 0.6 is 22.7 Å². The van der Waals surface area contributed by atoms with Gasteiger partial charge in [-0.2, -0.15) is 0 Å². The Kier molecular flexibility index (Phi) is 6.77. The third-order valence-corrected chi connectivity index (χ3v) is 10.5. The lowest BCUT2D eigenvalue weighted by Gasteiger charge is -2.27. The van der Waals surface area contributed by atoms with Gasteiger partial charge in [0, 0.05) is 73.3 Å². The minimum absolute atomic E-state index is 0.543. The van der Waals surface area contributed by atoms with Gasteiger partial charge in [0.15, 0.2) is 0 Å². The van der Waals surface area contributed by atoms with Gasteiger partial charge in [-0.15, -0.1) is 22.7 Å².